The third-order valence-electron chi connectivity index (χ3n) is 3.67. The highest BCUT2D eigenvalue weighted by molar-refractivity contribution is 6.36. The smallest absolute Gasteiger partial charge is 0.175 e. The minimum absolute atomic E-state index is 0.395. The normalized spacial score (nSPS) is 16.1. The van der Waals surface area contributed by atoms with E-state index in [0.717, 1.165) is 29.7 Å². The van der Waals surface area contributed by atoms with E-state index in [-0.39, 0.29) is 0 Å². The van der Waals surface area contributed by atoms with Crippen LogP contribution in [0.3, 0.4) is 0 Å². The van der Waals surface area contributed by atoms with E-state index in [1.54, 1.807) is 12.1 Å². The molecule has 1 saturated carbocycles. The van der Waals surface area contributed by atoms with E-state index in [1.165, 1.54) is 12.8 Å². The molecule has 0 aliphatic heterocycles. The van der Waals surface area contributed by atoms with Crippen LogP contribution >= 0.6 is 23.2 Å². The fourth-order valence-corrected chi connectivity index (χ4v) is 3.25. The van der Waals surface area contributed by atoms with Crippen molar-refractivity contribution < 1.29 is 4.52 Å². The molecule has 0 atom stereocenters. The molecule has 0 bridgehead atoms. The van der Waals surface area contributed by atoms with Crippen LogP contribution in [0.4, 0.5) is 5.82 Å². The van der Waals surface area contributed by atoms with Crippen molar-refractivity contribution in [3.8, 4) is 11.1 Å². The minimum Gasteiger partial charge on any atom is -0.380 e. The van der Waals surface area contributed by atoms with Gasteiger partial charge in [0.1, 0.15) is 5.76 Å². The zero-order valence-electron chi connectivity index (χ0n) is 10.3. The van der Waals surface area contributed by atoms with Gasteiger partial charge in [0.15, 0.2) is 5.82 Å². The van der Waals surface area contributed by atoms with Crippen LogP contribution in [0.1, 0.15) is 37.4 Å². The van der Waals surface area contributed by atoms with E-state index >= 15 is 0 Å². The molecule has 3 nitrogen and oxygen atoms in total. The summed E-state index contributed by atoms with van der Waals surface area (Å²) < 4.78 is 5.45. The van der Waals surface area contributed by atoms with Gasteiger partial charge in [-0.1, -0.05) is 47.3 Å². The summed E-state index contributed by atoms with van der Waals surface area (Å²) in [6.07, 6.45) is 4.68. The van der Waals surface area contributed by atoms with Gasteiger partial charge >= 0.3 is 0 Å². The van der Waals surface area contributed by atoms with Gasteiger partial charge in [0.05, 0.1) is 10.6 Å². The van der Waals surface area contributed by atoms with Crippen LogP contribution in [-0.4, -0.2) is 5.16 Å². The molecule has 1 aromatic heterocycles. The molecule has 0 unspecified atom stereocenters. The maximum absolute atomic E-state index is 6.26. The number of hydrogen-bond donors (Lipinski definition) is 1. The molecule has 1 aliphatic rings. The van der Waals surface area contributed by atoms with Crippen molar-refractivity contribution in [1.82, 2.24) is 5.16 Å². The van der Waals surface area contributed by atoms with E-state index in [9.17, 15) is 0 Å². The van der Waals surface area contributed by atoms with E-state index in [4.69, 9.17) is 33.5 Å². The number of nitrogens with zero attached hydrogens (tertiary/aromatic N) is 1. The second-order valence-corrected chi connectivity index (χ2v) is 5.76. The summed E-state index contributed by atoms with van der Waals surface area (Å²) in [4.78, 5) is 0. The lowest BCUT2D eigenvalue weighted by Crippen LogP contribution is -1.95. The Hall–Kier alpha value is -1.19. The van der Waals surface area contributed by atoms with Gasteiger partial charge in [0, 0.05) is 16.5 Å². The largest absolute Gasteiger partial charge is 0.380 e. The Morgan fingerprint density at radius 1 is 1.21 bits per heavy atom. The highest BCUT2D eigenvalue weighted by atomic mass is 35.5. The van der Waals surface area contributed by atoms with Gasteiger partial charge in [-0.15, -0.1) is 0 Å². The third-order valence-corrected chi connectivity index (χ3v) is 4.22. The molecule has 2 aromatic rings. The average Bonchev–Trinajstić information content (AvgIpc) is 2.99. The number of nitrogen functional groups attached to an aromatic ring is 1. The molecule has 1 fully saturated rings. The Kier molecular flexibility index (Phi) is 3.42. The van der Waals surface area contributed by atoms with Crippen molar-refractivity contribution >= 4 is 29.0 Å². The third kappa shape index (κ3) is 2.33. The molecule has 0 amide bonds. The Bertz CT molecular complexity index is 603. The Morgan fingerprint density at radius 2 is 1.95 bits per heavy atom. The summed E-state index contributed by atoms with van der Waals surface area (Å²) in [5.74, 6) is 1.65. The van der Waals surface area contributed by atoms with Crippen LogP contribution in [0.5, 0.6) is 0 Å². The number of hydrogen-bond acceptors (Lipinski definition) is 3. The first-order valence-corrected chi connectivity index (χ1v) is 7.13. The zero-order chi connectivity index (χ0) is 13.4. The van der Waals surface area contributed by atoms with Crippen molar-refractivity contribution in [2.45, 2.75) is 31.6 Å². The molecule has 2 N–H and O–H groups in total. The fraction of sp³-hybridized carbons (Fsp3) is 0.357. The summed E-state index contributed by atoms with van der Waals surface area (Å²) in [6, 6.07) is 5.38. The number of anilines is 1. The van der Waals surface area contributed by atoms with Gasteiger partial charge in [0.2, 0.25) is 0 Å². The van der Waals surface area contributed by atoms with Gasteiger partial charge in [-0.05, 0) is 25.0 Å². The highest BCUT2D eigenvalue weighted by Gasteiger charge is 2.27. The van der Waals surface area contributed by atoms with E-state index < -0.39 is 0 Å². The molecule has 1 aromatic carbocycles. The summed E-state index contributed by atoms with van der Waals surface area (Å²) in [6.45, 7) is 0. The quantitative estimate of drug-likeness (QED) is 0.858. The lowest BCUT2D eigenvalue weighted by atomic mass is 9.96. The topological polar surface area (TPSA) is 52.0 Å². The molecule has 5 heteroatoms. The second-order valence-electron chi connectivity index (χ2n) is 4.91. The summed E-state index contributed by atoms with van der Waals surface area (Å²) >= 11 is 12.2. The van der Waals surface area contributed by atoms with Crippen LogP contribution in [-0.2, 0) is 0 Å². The number of benzene rings is 1. The molecule has 100 valence electrons. The standard InChI is InChI=1S/C14H14Cl2N2O/c15-9-5-6-10(11(16)7-9)12-13(19-18-14(12)17)8-3-1-2-4-8/h5-8H,1-4H2,(H2,17,18). The first-order chi connectivity index (χ1) is 9.16. The van der Waals surface area contributed by atoms with Crippen molar-refractivity contribution in [1.29, 1.82) is 0 Å². The van der Waals surface area contributed by atoms with Crippen LogP contribution in [0.25, 0.3) is 11.1 Å². The van der Waals surface area contributed by atoms with Gasteiger partial charge in [0.25, 0.3) is 0 Å². The Labute approximate surface area is 121 Å². The first kappa shape index (κ1) is 12.8. The molecule has 3 rings (SSSR count). The molecule has 1 aliphatic carbocycles. The molecular formula is C14H14Cl2N2O. The van der Waals surface area contributed by atoms with Gasteiger partial charge < -0.3 is 10.3 Å². The first-order valence-electron chi connectivity index (χ1n) is 6.37. The number of nitrogens with two attached hydrogens (primary N) is 1. The minimum atomic E-state index is 0.395. The SMILES string of the molecule is Nc1noc(C2CCCC2)c1-c1ccc(Cl)cc1Cl. The van der Waals surface area contributed by atoms with Crippen molar-refractivity contribution in [2.24, 2.45) is 0 Å². The summed E-state index contributed by atoms with van der Waals surface area (Å²) in [5.41, 5.74) is 7.62. The maximum atomic E-state index is 6.26. The van der Waals surface area contributed by atoms with Gasteiger partial charge in [-0.25, -0.2) is 0 Å². The average molecular weight is 297 g/mol. The summed E-state index contributed by atoms with van der Waals surface area (Å²) in [7, 11) is 0. The van der Waals surface area contributed by atoms with Crippen molar-refractivity contribution in [3.05, 3.63) is 34.0 Å². The lowest BCUT2D eigenvalue weighted by Gasteiger charge is -2.09. The van der Waals surface area contributed by atoms with Crippen molar-refractivity contribution in [2.75, 3.05) is 5.73 Å². The Morgan fingerprint density at radius 3 is 2.63 bits per heavy atom. The number of rotatable bonds is 2. The number of aromatic nitrogens is 1. The van der Waals surface area contributed by atoms with Gasteiger partial charge in [-0.2, -0.15) is 0 Å². The summed E-state index contributed by atoms with van der Waals surface area (Å²) in [5, 5.41) is 5.09. The molecular weight excluding hydrogens is 283 g/mol. The van der Waals surface area contributed by atoms with Crippen LogP contribution in [0.2, 0.25) is 10.0 Å². The van der Waals surface area contributed by atoms with Crippen LogP contribution < -0.4 is 5.73 Å². The highest BCUT2D eigenvalue weighted by Crippen LogP contribution is 2.43. The van der Waals surface area contributed by atoms with Gasteiger partial charge in [-0.3, -0.25) is 0 Å². The van der Waals surface area contributed by atoms with E-state index in [0.29, 0.717) is 21.8 Å². The molecule has 0 spiro atoms. The van der Waals surface area contributed by atoms with E-state index in [2.05, 4.69) is 5.16 Å². The van der Waals surface area contributed by atoms with Crippen molar-refractivity contribution in [3.63, 3.8) is 0 Å². The number of halogens is 2. The second kappa shape index (κ2) is 5.06. The predicted molar refractivity (Wildman–Crippen MR) is 77.6 cm³/mol. The molecule has 0 saturated heterocycles. The van der Waals surface area contributed by atoms with Crippen LogP contribution in [0, 0.1) is 0 Å². The predicted octanol–water partition coefficient (Wildman–Crippen LogP) is 4.89. The maximum Gasteiger partial charge on any atom is 0.175 e. The molecule has 19 heavy (non-hydrogen) atoms. The fourth-order valence-electron chi connectivity index (χ4n) is 2.75. The molecule has 0 radical (unpaired) electrons. The zero-order valence-corrected chi connectivity index (χ0v) is 11.8. The van der Waals surface area contributed by atoms with Crippen LogP contribution in [0.15, 0.2) is 22.7 Å². The van der Waals surface area contributed by atoms with E-state index in [1.807, 2.05) is 6.07 Å². The Balaban J connectivity index is 2.10. The molecule has 1 heterocycles. The lowest BCUT2D eigenvalue weighted by molar-refractivity contribution is 0.363. The monoisotopic (exact) mass is 296 g/mol.